The van der Waals surface area contributed by atoms with Crippen LogP contribution in [0.4, 0.5) is 5.69 Å². The molecule has 184 valence electrons. The van der Waals surface area contributed by atoms with Crippen molar-refractivity contribution < 1.29 is 9.32 Å². The summed E-state index contributed by atoms with van der Waals surface area (Å²) in [5, 5.41) is 4.21. The van der Waals surface area contributed by atoms with Crippen molar-refractivity contribution in [2.24, 2.45) is 0 Å². The molecule has 2 aromatic heterocycles. The van der Waals surface area contributed by atoms with E-state index in [9.17, 15) is 9.59 Å². The fraction of sp³-hybridized carbons (Fsp3) is 0.393. The van der Waals surface area contributed by atoms with Crippen molar-refractivity contribution in [3.8, 4) is 11.4 Å². The molecule has 1 atom stereocenters. The van der Waals surface area contributed by atoms with Gasteiger partial charge in [0.15, 0.2) is 0 Å². The molecule has 1 amide bonds. The number of aromatic nitrogens is 4. The van der Waals surface area contributed by atoms with Crippen molar-refractivity contribution in [3.63, 3.8) is 0 Å². The molecule has 4 aromatic rings. The van der Waals surface area contributed by atoms with Crippen LogP contribution in [0, 0.1) is 20.8 Å². The Hall–Kier alpha value is -3.81. The largest absolute Gasteiger partial charge is 0.339 e. The summed E-state index contributed by atoms with van der Waals surface area (Å²) in [6.45, 7) is 6.39. The number of hydrogen-bond acceptors (Lipinski definition) is 6. The van der Waals surface area contributed by atoms with Gasteiger partial charge in [-0.25, -0.2) is 4.98 Å². The fourth-order valence-corrected chi connectivity index (χ4v) is 5.53. The van der Waals surface area contributed by atoms with E-state index >= 15 is 0 Å². The summed E-state index contributed by atoms with van der Waals surface area (Å²) in [5.41, 5.74) is 6.10. The fourth-order valence-electron chi connectivity index (χ4n) is 5.53. The molecule has 2 aliphatic rings. The summed E-state index contributed by atoms with van der Waals surface area (Å²) in [5.74, 6) is 0.818. The van der Waals surface area contributed by atoms with E-state index in [-0.39, 0.29) is 23.4 Å². The number of benzene rings is 2. The van der Waals surface area contributed by atoms with Crippen molar-refractivity contribution >= 4 is 22.6 Å². The van der Waals surface area contributed by atoms with Crippen molar-refractivity contribution in [1.82, 2.24) is 19.7 Å². The molecule has 8 nitrogen and oxygen atoms in total. The summed E-state index contributed by atoms with van der Waals surface area (Å²) >= 11 is 0. The monoisotopic (exact) mass is 483 g/mol. The third-order valence-corrected chi connectivity index (χ3v) is 7.72. The summed E-state index contributed by atoms with van der Waals surface area (Å²) in [7, 11) is 0. The Labute approximate surface area is 209 Å². The highest BCUT2D eigenvalue weighted by Crippen LogP contribution is 2.34. The Morgan fingerprint density at radius 2 is 1.75 bits per heavy atom. The van der Waals surface area contributed by atoms with Gasteiger partial charge >= 0.3 is 0 Å². The van der Waals surface area contributed by atoms with Gasteiger partial charge in [0.1, 0.15) is 5.69 Å². The topological polar surface area (TPSA) is 94.1 Å². The summed E-state index contributed by atoms with van der Waals surface area (Å²) in [6, 6.07) is 12.1. The molecular formula is C28H29N5O3. The number of carbonyl (C=O) groups is 1. The lowest BCUT2D eigenvalue weighted by molar-refractivity contribution is -0.117. The van der Waals surface area contributed by atoms with Crippen molar-refractivity contribution in [2.45, 2.75) is 64.8 Å². The predicted octanol–water partition coefficient (Wildman–Crippen LogP) is 5.01. The molecule has 1 aliphatic heterocycles. The van der Waals surface area contributed by atoms with E-state index in [1.165, 1.54) is 5.56 Å². The lowest BCUT2D eigenvalue weighted by Crippen LogP contribution is -2.26. The zero-order valence-electron chi connectivity index (χ0n) is 20.8. The van der Waals surface area contributed by atoms with Crippen LogP contribution >= 0.6 is 0 Å². The molecule has 1 saturated carbocycles. The lowest BCUT2D eigenvalue weighted by atomic mass is 10.1. The van der Waals surface area contributed by atoms with Gasteiger partial charge in [-0.3, -0.25) is 9.59 Å². The van der Waals surface area contributed by atoms with Gasteiger partial charge < -0.3 is 14.0 Å². The Balaban J connectivity index is 1.29. The molecule has 0 radical (unpaired) electrons. The van der Waals surface area contributed by atoms with Gasteiger partial charge in [0.2, 0.25) is 17.6 Å². The number of aryl methyl sites for hydroxylation is 3. The van der Waals surface area contributed by atoms with Crippen molar-refractivity contribution in [2.75, 3.05) is 11.4 Å². The van der Waals surface area contributed by atoms with Gasteiger partial charge in [-0.2, -0.15) is 4.98 Å². The normalized spacial score (nSPS) is 18.6. The average Bonchev–Trinajstić information content (AvgIpc) is 3.63. The third kappa shape index (κ3) is 3.81. The molecule has 0 unspecified atom stereocenters. The second-order valence-corrected chi connectivity index (χ2v) is 10.1. The predicted molar refractivity (Wildman–Crippen MR) is 137 cm³/mol. The van der Waals surface area contributed by atoms with Crippen LogP contribution < -0.4 is 10.5 Å². The van der Waals surface area contributed by atoms with Crippen LogP contribution in [0.25, 0.3) is 22.4 Å². The first-order chi connectivity index (χ1) is 17.4. The van der Waals surface area contributed by atoms with Crippen LogP contribution in [-0.2, 0) is 4.79 Å². The second kappa shape index (κ2) is 8.69. The summed E-state index contributed by atoms with van der Waals surface area (Å²) in [4.78, 5) is 36.7. The third-order valence-electron chi connectivity index (χ3n) is 7.72. The second-order valence-electron chi connectivity index (χ2n) is 10.1. The molecular weight excluding hydrogens is 454 g/mol. The maximum Gasteiger partial charge on any atom is 0.272 e. The number of nitrogens with zero attached hydrogens (tertiary/aromatic N) is 5. The number of carbonyl (C=O) groups excluding carboxylic acids is 1. The summed E-state index contributed by atoms with van der Waals surface area (Å²) < 4.78 is 7.54. The zero-order chi connectivity index (χ0) is 25.0. The van der Waals surface area contributed by atoms with Crippen LogP contribution in [0.2, 0.25) is 0 Å². The van der Waals surface area contributed by atoms with E-state index in [0.717, 1.165) is 53.5 Å². The minimum absolute atomic E-state index is 0.0109. The first kappa shape index (κ1) is 22.6. The molecule has 0 bridgehead atoms. The first-order valence-electron chi connectivity index (χ1n) is 12.6. The Morgan fingerprint density at radius 3 is 2.53 bits per heavy atom. The molecule has 3 heterocycles. The molecule has 1 saturated heterocycles. The van der Waals surface area contributed by atoms with Gasteiger partial charge in [0.25, 0.3) is 5.56 Å². The number of fused-ring (bicyclic) bond motifs is 1. The Morgan fingerprint density at radius 1 is 0.944 bits per heavy atom. The smallest absolute Gasteiger partial charge is 0.272 e. The highest BCUT2D eigenvalue weighted by molar-refractivity contribution is 5.96. The quantitative estimate of drug-likeness (QED) is 0.405. The standard InChI is InChI=1S/C28H29N5O3/c1-16-8-10-22(12-17(16)2)32-15-20(14-25(32)34)27-30-26(31-36-27)19-9-11-24-23(13-19)29-18(3)28(35)33(24)21-6-4-5-7-21/h8-13,20-21H,4-7,14-15H2,1-3H3/t20-/m0/s1. The minimum Gasteiger partial charge on any atom is -0.339 e. The van der Waals surface area contributed by atoms with E-state index in [4.69, 9.17) is 4.52 Å². The van der Waals surface area contributed by atoms with Gasteiger partial charge in [-0.05, 0) is 75.1 Å². The van der Waals surface area contributed by atoms with Crippen molar-refractivity contribution in [3.05, 3.63) is 69.5 Å². The number of anilines is 1. The molecule has 0 N–H and O–H groups in total. The van der Waals surface area contributed by atoms with E-state index in [1.54, 1.807) is 11.8 Å². The van der Waals surface area contributed by atoms with Gasteiger partial charge in [0.05, 0.1) is 17.0 Å². The molecule has 2 fully saturated rings. The minimum atomic E-state index is -0.159. The Kier molecular flexibility index (Phi) is 5.47. The molecule has 6 rings (SSSR count). The average molecular weight is 484 g/mol. The summed E-state index contributed by atoms with van der Waals surface area (Å²) in [6.07, 6.45) is 4.67. The number of hydrogen-bond donors (Lipinski definition) is 0. The van der Waals surface area contributed by atoms with E-state index in [2.05, 4.69) is 22.0 Å². The van der Waals surface area contributed by atoms with E-state index in [1.807, 2.05) is 47.9 Å². The van der Waals surface area contributed by atoms with Gasteiger partial charge in [0, 0.05) is 30.3 Å². The maximum atomic E-state index is 12.9. The number of amides is 1. The lowest BCUT2D eigenvalue weighted by Gasteiger charge is -2.17. The van der Waals surface area contributed by atoms with Crippen LogP contribution in [-0.4, -0.2) is 32.1 Å². The highest BCUT2D eigenvalue weighted by atomic mass is 16.5. The maximum absolute atomic E-state index is 12.9. The van der Waals surface area contributed by atoms with Crippen LogP contribution in [0.5, 0.6) is 0 Å². The molecule has 2 aromatic carbocycles. The van der Waals surface area contributed by atoms with Crippen LogP contribution in [0.15, 0.2) is 45.7 Å². The molecule has 1 aliphatic carbocycles. The molecule has 36 heavy (non-hydrogen) atoms. The van der Waals surface area contributed by atoms with Crippen LogP contribution in [0.3, 0.4) is 0 Å². The van der Waals surface area contributed by atoms with Gasteiger partial charge in [-0.1, -0.05) is 24.1 Å². The van der Waals surface area contributed by atoms with Crippen molar-refractivity contribution in [1.29, 1.82) is 0 Å². The highest BCUT2D eigenvalue weighted by Gasteiger charge is 2.35. The van der Waals surface area contributed by atoms with E-state index < -0.39 is 0 Å². The van der Waals surface area contributed by atoms with Crippen LogP contribution in [0.1, 0.15) is 66.8 Å². The number of rotatable bonds is 4. The molecule has 0 spiro atoms. The Bertz CT molecular complexity index is 1550. The van der Waals surface area contributed by atoms with Gasteiger partial charge in [-0.15, -0.1) is 0 Å². The zero-order valence-corrected chi connectivity index (χ0v) is 20.8. The first-order valence-corrected chi connectivity index (χ1v) is 12.6. The molecule has 8 heteroatoms. The van der Waals surface area contributed by atoms with E-state index in [0.29, 0.717) is 30.4 Å². The SMILES string of the molecule is Cc1ccc(N2C[C@@H](c3nc(-c4ccc5c(c4)nc(C)c(=O)n5C4CCCC4)no3)CC2=O)cc1C.